The molecule has 4 unspecified atom stereocenters. The number of hydrogen-bond donors (Lipinski definition) is 0. The first-order valence-corrected chi connectivity index (χ1v) is 7.74. The van der Waals surface area contributed by atoms with Gasteiger partial charge in [0.05, 0.1) is 5.60 Å². The zero-order valence-corrected chi connectivity index (χ0v) is 12.9. The Morgan fingerprint density at radius 2 is 2.16 bits per heavy atom. The average Bonchev–Trinajstić information content (AvgIpc) is 2.34. The standard InChI is InChI=1S/C16H29NO2/c1-12-8-13(2)14(15(18)9-12)10-17-7-5-6-16(3,11-17)19-4/h12-14H,5-11H2,1-4H3. The number of carbonyl (C=O) groups excluding carboxylic acids is 1. The number of rotatable bonds is 3. The lowest BCUT2D eigenvalue weighted by Gasteiger charge is -2.42. The number of piperidine rings is 1. The quantitative estimate of drug-likeness (QED) is 0.787. The molecule has 1 saturated heterocycles. The molecule has 0 radical (unpaired) electrons. The first-order valence-electron chi connectivity index (χ1n) is 7.74. The van der Waals surface area contributed by atoms with E-state index in [1.165, 1.54) is 12.8 Å². The van der Waals surface area contributed by atoms with Crippen molar-refractivity contribution >= 4 is 5.78 Å². The van der Waals surface area contributed by atoms with Gasteiger partial charge >= 0.3 is 0 Å². The van der Waals surface area contributed by atoms with E-state index in [1.54, 1.807) is 7.11 Å². The summed E-state index contributed by atoms with van der Waals surface area (Å²) in [4.78, 5) is 14.7. The van der Waals surface area contributed by atoms with Crippen LogP contribution < -0.4 is 0 Å². The molecule has 0 aromatic carbocycles. The van der Waals surface area contributed by atoms with Gasteiger partial charge in [-0.15, -0.1) is 0 Å². The van der Waals surface area contributed by atoms with Gasteiger partial charge in [-0.2, -0.15) is 0 Å². The molecule has 4 atom stereocenters. The Kier molecular flexibility index (Phi) is 4.67. The highest BCUT2D eigenvalue weighted by molar-refractivity contribution is 5.82. The molecular weight excluding hydrogens is 238 g/mol. The second-order valence-electron chi connectivity index (χ2n) is 7.09. The third-order valence-electron chi connectivity index (χ3n) is 5.11. The molecule has 19 heavy (non-hydrogen) atoms. The van der Waals surface area contributed by atoms with Crippen molar-refractivity contribution in [3.8, 4) is 0 Å². The fraction of sp³-hybridized carbons (Fsp3) is 0.938. The lowest BCUT2D eigenvalue weighted by atomic mass is 9.74. The van der Waals surface area contributed by atoms with Gasteiger partial charge in [-0.1, -0.05) is 13.8 Å². The van der Waals surface area contributed by atoms with Gasteiger partial charge in [-0.25, -0.2) is 0 Å². The van der Waals surface area contributed by atoms with Crippen LogP contribution in [0.5, 0.6) is 0 Å². The van der Waals surface area contributed by atoms with Gasteiger partial charge in [0.25, 0.3) is 0 Å². The molecule has 0 bridgehead atoms. The van der Waals surface area contributed by atoms with Crippen LogP contribution in [0, 0.1) is 17.8 Å². The van der Waals surface area contributed by atoms with Crippen molar-refractivity contribution in [1.29, 1.82) is 0 Å². The Balaban J connectivity index is 1.95. The van der Waals surface area contributed by atoms with Crippen molar-refractivity contribution in [1.82, 2.24) is 4.90 Å². The van der Waals surface area contributed by atoms with E-state index < -0.39 is 0 Å². The van der Waals surface area contributed by atoms with Crippen LogP contribution >= 0.6 is 0 Å². The van der Waals surface area contributed by atoms with Crippen LogP contribution in [0.3, 0.4) is 0 Å². The summed E-state index contributed by atoms with van der Waals surface area (Å²) in [5.41, 5.74) is -0.0213. The van der Waals surface area contributed by atoms with Gasteiger partial charge in [-0.05, 0) is 44.6 Å². The van der Waals surface area contributed by atoms with E-state index in [0.717, 1.165) is 32.5 Å². The summed E-state index contributed by atoms with van der Waals surface area (Å²) >= 11 is 0. The molecule has 110 valence electrons. The highest BCUT2D eigenvalue weighted by atomic mass is 16.5. The van der Waals surface area contributed by atoms with Crippen molar-refractivity contribution in [3.63, 3.8) is 0 Å². The maximum atomic E-state index is 12.3. The summed E-state index contributed by atoms with van der Waals surface area (Å²) in [6.45, 7) is 9.66. The number of carbonyl (C=O) groups is 1. The molecule has 0 aromatic heterocycles. The molecule has 0 amide bonds. The van der Waals surface area contributed by atoms with Crippen LogP contribution in [-0.2, 0) is 9.53 Å². The fourth-order valence-corrected chi connectivity index (χ4v) is 3.88. The van der Waals surface area contributed by atoms with E-state index in [2.05, 4.69) is 25.7 Å². The highest BCUT2D eigenvalue weighted by Gasteiger charge is 2.36. The van der Waals surface area contributed by atoms with Crippen molar-refractivity contribution in [2.75, 3.05) is 26.7 Å². The first kappa shape index (κ1) is 15.0. The monoisotopic (exact) mass is 267 g/mol. The maximum Gasteiger partial charge on any atom is 0.137 e. The molecule has 0 aromatic rings. The van der Waals surface area contributed by atoms with Crippen LogP contribution in [0.25, 0.3) is 0 Å². The molecule has 2 fully saturated rings. The van der Waals surface area contributed by atoms with Gasteiger partial charge in [0, 0.05) is 32.5 Å². The Morgan fingerprint density at radius 3 is 2.79 bits per heavy atom. The largest absolute Gasteiger partial charge is 0.377 e. The second kappa shape index (κ2) is 5.92. The molecule has 1 aliphatic carbocycles. The minimum Gasteiger partial charge on any atom is -0.377 e. The molecule has 2 aliphatic rings. The molecule has 3 heteroatoms. The van der Waals surface area contributed by atoms with Gasteiger partial charge < -0.3 is 4.74 Å². The van der Waals surface area contributed by atoms with Crippen molar-refractivity contribution in [2.24, 2.45) is 17.8 Å². The molecule has 1 aliphatic heterocycles. The van der Waals surface area contributed by atoms with Gasteiger partial charge in [0.1, 0.15) is 5.78 Å². The predicted octanol–water partition coefficient (Wildman–Crippen LogP) is 2.74. The summed E-state index contributed by atoms with van der Waals surface area (Å²) in [6, 6.07) is 0. The van der Waals surface area contributed by atoms with E-state index >= 15 is 0 Å². The molecule has 3 nitrogen and oxygen atoms in total. The van der Waals surface area contributed by atoms with E-state index in [-0.39, 0.29) is 11.5 Å². The van der Waals surface area contributed by atoms with Gasteiger partial charge in [0.15, 0.2) is 0 Å². The summed E-state index contributed by atoms with van der Waals surface area (Å²) in [5, 5.41) is 0. The molecule has 1 saturated carbocycles. The fourth-order valence-electron chi connectivity index (χ4n) is 3.88. The zero-order chi connectivity index (χ0) is 14.0. The van der Waals surface area contributed by atoms with Crippen molar-refractivity contribution in [3.05, 3.63) is 0 Å². The zero-order valence-electron chi connectivity index (χ0n) is 12.9. The number of likely N-dealkylation sites (tertiary alicyclic amines) is 1. The SMILES string of the molecule is COC1(C)CCCN(CC2C(=O)CC(C)CC2C)C1. The summed E-state index contributed by atoms with van der Waals surface area (Å²) in [5.74, 6) is 1.84. The van der Waals surface area contributed by atoms with Crippen LogP contribution in [-0.4, -0.2) is 43.0 Å². The van der Waals surface area contributed by atoms with Crippen LogP contribution in [0.1, 0.15) is 46.5 Å². The molecule has 0 N–H and O–H groups in total. The maximum absolute atomic E-state index is 12.3. The Hall–Kier alpha value is -0.410. The van der Waals surface area contributed by atoms with Crippen LogP contribution in [0.15, 0.2) is 0 Å². The normalized spacial score (nSPS) is 41.5. The third kappa shape index (κ3) is 3.57. The lowest BCUT2D eigenvalue weighted by Crippen LogP contribution is -2.50. The number of Topliss-reactive ketones (excluding diaryl/α,β-unsaturated/α-hetero) is 1. The van der Waals surface area contributed by atoms with Crippen molar-refractivity contribution < 1.29 is 9.53 Å². The molecular formula is C16H29NO2. The molecule has 2 rings (SSSR count). The lowest BCUT2D eigenvalue weighted by molar-refractivity contribution is -0.130. The van der Waals surface area contributed by atoms with Gasteiger partial charge in [0.2, 0.25) is 0 Å². The number of nitrogens with zero attached hydrogens (tertiary/aromatic N) is 1. The Bertz CT molecular complexity index is 331. The summed E-state index contributed by atoms with van der Waals surface area (Å²) in [7, 11) is 1.81. The second-order valence-corrected chi connectivity index (χ2v) is 7.09. The van der Waals surface area contributed by atoms with E-state index in [1.807, 2.05) is 0 Å². The average molecular weight is 267 g/mol. The summed E-state index contributed by atoms with van der Waals surface area (Å²) < 4.78 is 5.64. The number of methoxy groups -OCH3 is 1. The Morgan fingerprint density at radius 1 is 1.42 bits per heavy atom. The van der Waals surface area contributed by atoms with E-state index in [0.29, 0.717) is 17.6 Å². The number of hydrogen-bond acceptors (Lipinski definition) is 3. The van der Waals surface area contributed by atoms with E-state index in [9.17, 15) is 4.79 Å². The Labute approximate surface area is 117 Å². The van der Waals surface area contributed by atoms with Crippen molar-refractivity contribution in [2.45, 2.75) is 52.1 Å². The smallest absolute Gasteiger partial charge is 0.137 e. The third-order valence-corrected chi connectivity index (χ3v) is 5.11. The van der Waals surface area contributed by atoms with Crippen LogP contribution in [0.4, 0.5) is 0 Å². The first-order chi connectivity index (χ1) is 8.93. The van der Waals surface area contributed by atoms with Crippen LogP contribution in [0.2, 0.25) is 0 Å². The number of ether oxygens (including phenoxy) is 1. The van der Waals surface area contributed by atoms with E-state index in [4.69, 9.17) is 4.74 Å². The minimum atomic E-state index is -0.0213. The summed E-state index contributed by atoms with van der Waals surface area (Å²) in [6.07, 6.45) is 4.29. The minimum absolute atomic E-state index is 0.0213. The molecule has 1 heterocycles. The number of ketones is 1. The van der Waals surface area contributed by atoms with Gasteiger partial charge in [-0.3, -0.25) is 9.69 Å². The highest BCUT2D eigenvalue weighted by Crippen LogP contribution is 2.33. The molecule has 0 spiro atoms. The predicted molar refractivity (Wildman–Crippen MR) is 77.1 cm³/mol. The topological polar surface area (TPSA) is 29.5 Å².